The summed E-state index contributed by atoms with van der Waals surface area (Å²) in [6, 6.07) is 8.33. The molecular formula is C39H60N4O4. The number of likely N-dealkylation sites (N-methyl/N-ethyl adjacent to an activating group) is 1. The van der Waals surface area contributed by atoms with Gasteiger partial charge < -0.3 is 4.79 Å². The first-order valence-electron chi connectivity index (χ1n) is 16.5. The van der Waals surface area contributed by atoms with Crippen molar-refractivity contribution in [1.29, 1.82) is 0 Å². The summed E-state index contributed by atoms with van der Waals surface area (Å²) in [6.07, 6.45) is 5.84. The Labute approximate surface area is 283 Å². The van der Waals surface area contributed by atoms with Gasteiger partial charge in [-0.15, -0.1) is 0 Å². The van der Waals surface area contributed by atoms with Crippen LogP contribution in [0.1, 0.15) is 124 Å². The minimum absolute atomic E-state index is 0. The summed E-state index contributed by atoms with van der Waals surface area (Å²) in [4.78, 5) is 46.8. The highest BCUT2D eigenvalue weighted by atomic mass is 16.2. The minimum Gasteiger partial charge on any atom is -0.300 e. The van der Waals surface area contributed by atoms with Gasteiger partial charge in [-0.3, -0.25) is 19.4 Å². The monoisotopic (exact) mass is 648 g/mol. The Morgan fingerprint density at radius 3 is 1.51 bits per heavy atom. The van der Waals surface area contributed by atoms with Gasteiger partial charge in [-0.25, -0.2) is 10.5 Å². The summed E-state index contributed by atoms with van der Waals surface area (Å²) in [5.74, 6) is 4.44. The lowest BCUT2D eigenvalue weighted by Gasteiger charge is -2.18. The molecule has 0 aliphatic carbocycles. The number of carbonyl (C=O) groups excluding carboxylic acids is 3. The molecule has 8 heteroatoms. The van der Waals surface area contributed by atoms with E-state index in [1.54, 1.807) is 14.0 Å². The fourth-order valence-electron chi connectivity index (χ4n) is 5.72. The molecule has 1 aromatic heterocycles. The number of carbonyl (C=O) groups is 3. The number of hydrazine groups is 1. The molecule has 260 valence electrons. The Morgan fingerprint density at radius 1 is 0.766 bits per heavy atom. The van der Waals surface area contributed by atoms with Gasteiger partial charge in [0, 0.05) is 26.1 Å². The number of Topliss-reactive ketones (excluding diaryl/α,β-unsaturated/α-hetero) is 2. The molecule has 0 spiro atoms. The van der Waals surface area contributed by atoms with E-state index in [1.165, 1.54) is 28.4 Å². The Balaban J connectivity index is 0.000000765. The largest absolute Gasteiger partial charge is 0.308 e. The third-order valence-electron chi connectivity index (χ3n) is 7.91. The fraction of sp³-hybridized carbons (Fsp3) is 0.513. The third-order valence-corrected chi connectivity index (χ3v) is 7.91. The molecule has 0 aliphatic rings. The molecular weight excluding hydrogens is 588 g/mol. The number of aryl methyl sites for hydroxylation is 8. The van der Waals surface area contributed by atoms with E-state index in [0.717, 1.165) is 89.0 Å². The zero-order valence-corrected chi connectivity index (χ0v) is 30.3. The van der Waals surface area contributed by atoms with E-state index >= 15 is 0 Å². The first-order valence-corrected chi connectivity index (χ1v) is 16.5. The molecule has 3 rings (SSSR count). The number of nitrogens with two attached hydrogens (primary N) is 1. The summed E-state index contributed by atoms with van der Waals surface area (Å²) in [6.45, 7) is 20.1. The molecule has 0 saturated carbocycles. The Hall–Kier alpha value is -3.91. The first kappa shape index (κ1) is 43.1. The van der Waals surface area contributed by atoms with Crippen molar-refractivity contribution in [3.05, 3.63) is 84.8 Å². The molecule has 1 amide bonds. The maximum Gasteiger partial charge on any atom is 0.308 e. The van der Waals surface area contributed by atoms with Crippen molar-refractivity contribution in [2.24, 2.45) is 12.9 Å². The van der Waals surface area contributed by atoms with E-state index in [-0.39, 0.29) is 18.8 Å². The maximum atomic E-state index is 12.8. The van der Waals surface area contributed by atoms with Crippen molar-refractivity contribution in [1.82, 2.24) is 14.8 Å². The topological polar surface area (TPSA) is 115 Å². The zero-order valence-electron chi connectivity index (χ0n) is 30.3. The number of aromatic nitrogens is 2. The van der Waals surface area contributed by atoms with Gasteiger partial charge in [0.25, 0.3) is 11.3 Å². The van der Waals surface area contributed by atoms with E-state index in [9.17, 15) is 19.2 Å². The lowest BCUT2D eigenvalue weighted by Crippen LogP contribution is -2.39. The second kappa shape index (κ2) is 20.4. The van der Waals surface area contributed by atoms with Crippen molar-refractivity contribution in [2.45, 2.75) is 122 Å². The molecule has 0 radical (unpaired) electrons. The average Bonchev–Trinajstić information content (AvgIpc) is 3.01. The molecule has 0 fully saturated rings. The van der Waals surface area contributed by atoms with E-state index in [1.807, 2.05) is 46.8 Å². The molecule has 2 aromatic carbocycles. The number of ketones is 2. The van der Waals surface area contributed by atoms with Crippen LogP contribution in [0.3, 0.4) is 0 Å². The first-order chi connectivity index (χ1) is 21.6. The van der Waals surface area contributed by atoms with Crippen LogP contribution in [0, 0.1) is 20.8 Å². The van der Waals surface area contributed by atoms with Crippen LogP contribution in [0.2, 0.25) is 0 Å². The van der Waals surface area contributed by atoms with Gasteiger partial charge in [0.05, 0.1) is 11.3 Å². The van der Waals surface area contributed by atoms with E-state index in [0.29, 0.717) is 5.56 Å². The van der Waals surface area contributed by atoms with Crippen LogP contribution in [0.4, 0.5) is 0 Å². The van der Waals surface area contributed by atoms with Gasteiger partial charge in [-0.2, -0.15) is 5.10 Å². The highest BCUT2D eigenvalue weighted by Crippen LogP contribution is 2.31. The van der Waals surface area contributed by atoms with Gasteiger partial charge in [0.1, 0.15) is 5.78 Å². The predicted molar refractivity (Wildman–Crippen MR) is 196 cm³/mol. The van der Waals surface area contributed by atoms with Gasteiger partial charge in [-0.05, 0) is 99.6 Å². The Kier molecular flexibility index (Phi) is 18.7. The number of amides is 1. The number of hydrogen-bond acceptors (Lipinski definition) is 6. The Bertz CT molecular complexity index is 1530. The third kappa shape index (κ3) is 11.4. The molecule has 0 bridgehead atoms. The fourth-order valence-corrected chi connectivity index (χ4v) is 5.72. The zero-order chi connectivity index (χ0) is 35.3. The highest BCUT2D eigenvalue weighted by molar-refractivity contribution is 6.43. The van der Waals surface area contributed by atoms with Crippen molar-refractivity contribution in [2.75, 3.05) is 7.05 Å². The van der Waals surface area contributed by atoms with Crippen LogP contribution in [0.25, 0.3) is 11.1 Å². The number of nitrogens with zero attached hydrogens (tertiary/aromatic N) is 3. The number of benzene rings is 2. The van der Waals surface area contributed by atoms with Gasteiger partial charge in [0.2, 0.25) is 0 Å². The standard InChI is InChI=1S/C19H26N2O.C14H20N2O2.C5H10O.CH4/c1-7-14-10-12(4)11-15(8-2)17(14)18-16(9-3)13(5)20-21(6)19(18)22;1-5-10-7-9(3)8-11(6-2)12(10)13(17)14(18)16(4)15;1-3-4-5(2)6;/h10-11H,7-9H2,1-6H3;7-8H,5-6,15H2,1-4H3;3-4H2,1-2H3;1H4. The van der Waals surface area contributed by atoms with Crippen molar-refractivity contribution >= 4 is 17.5 Å². The van der Waals surface area contributed by atoms with Crippen molar-refractivity contribution in [3.8, 4) is 11.1 Å². The van der Waals surface area contributed by atoms with E-state index < -0.39 is 11.7 Å². The summed E-state index contributed by atoms with van der Waals surface area (Å²) >= 11 is 0. The Morgan fingerprint density at radius 2 is 1.19 bits per heavy atom. The van der Waals surface area contributed by atoms with Crippen molar-refractivity contribution < 1.29 is 14.4 Å². The van der Waals surface area contributed by atoms with Crippen LogP contribution in [-0.4, -0.2) is 39.3 Å². The molecule has 2 N–H and O–H groups in total. The maximum absolute atomic E-state index is 12.8. The molecule has 0 atom stereocenters. The van der Waals surface area contributed by atoms with Crippen LogP contribution < -0.4 is 11.4 Å². The molecule has 0 saturated heterocycles. The minimum atomic E-state index is -0.678. The molecule has 0 unspecified atom stereocenters. The van der Waals surface area contributed by atoms with Gasteiger partial charge in [0.15, 0.2) is 0 Å². The van der Waals surface area contributed by atoms with Crippen LogP contribution in [0.15, 0.2) is 29.1 Å². The molecule has 0 aliphatic heterocycles. The molecule has 3 aromatic rings. The highest BCUT2D eigenvalue weighted by Gasteiger charge is 2.24. The predicted octanol–water partition coefficient (Wildman–Crippen LogP) is 7.40. The van der Waals surface area contributed by atoms with Crippen LogP contribution in [0.5, 0.6) is 0 Å². The molecule has 8 nitrogen and oxygen atoms in total. The normalized spacial score (nSPS) is 10.1. The van der Waals surface area contributed by atoms with E-state index in [2.05, 4.69) is 44.9 Å². The van der Waals surface area contributed by atoms with Gasteiger partial charge >= 0.3 is 5.91 Å². The summed E-state index contributed by atoms with van der Waals surface area (Å²) in [5.41, 5.74) is 11.3. The summed E-state index contributed by atoms with van der Waals surface area (Å²) < 4.78 is 1.47. The molecule has 47 heavy (non-hydrogen) atoms. The quantitative estimate of drug-likeness (QED) is 0.0806. The van der Waals surface area contributed by atoms with Crippen LogP contribution in [-0.2, 0) is 48.7 Å². The second-order valence-electron chi connectivity index (χ2n) is 11.7. The van der Waals surface area contributed by atoms with Gasteiger partial charge in [-0.1, -0.05) is 84.4 Å². The summed E-state index contributed by atoms with van der Waals surface area (Å²) in [5, 5.41) is 5.20. The number of hydrogen-bond donors (Lipinski definition) is 1. The number of rotatable bonds is 10. The lowest BCUT2D eigenvalue weighted by atomic mass is 9.87. The summed E-state index contributed by atoms with van der Waals surface area (Å²) in [7, 11) is 3.12. The smallest absolute Gasteiger partial charge is 0.300 e. The van der Waals surface area contributed by atoms with E-state index in [4.69, 9.17) is 5.84 Å². The lowest BCUT2D eigenvalue weighted by molar-refractivity contribution is -0.125. The molecule has 1 heterocycles. The van der Waals surface area contributed by atoms with Crippen LogP contribution >= 0.6 is 0 Å². The van der Waals surface area contributed by atoms with Crippen molar-refractivity contribution in [3.63, 3.8) is 0 Å². The average molecular weight is 649 g/mol. The SMILES string of the molecule is C.CCCC(C)=O.CCc1cc(C)cc(CC)c1-c1c(CC)c(C)nn(C)c1=O.CCc1cc(C)cc(CC)c1C(=O)C(=O)N(C)N. The second-order valence-corrected chi connectivity index (χ2v) is 11.7.